The van der Waals surface area contributed by atoms with Crippen molar-refractivity contribution < 1.29 is 4.43 Å². The molecule has 26 heavy (non-hydrogen) atoms. The molecule has 0 bridgehead atoms. The van der Waals surface area contributed by atoms with E-state index >= 15 is 0 Å². The van der Waals surface area contributed by atoms with E-state index in [1.54, 1.807) is 0 Å². The molecule has 0 spiro atoms. The molecule has 1 aliphatic rings. The Hall–Kier alpha value is 0.177. The highest BCUT2D eigenvalue weighted by Gasteiger charge is 2.42. The molecule has 2 atom stereocenters. The summed E-state index contributed by atoms with van der Waals surface area (Å²) in [6.45, 7) is 11.9. The third kappa shape index (κ3) is 10.5. The molecule has 1 nitrogen and oxygen atoms in total. The number of unbranched alkanes of at least 4 members (excludes halogenated alkanes) is 13. The van der Waals surface area contributed by atoms with Gasteiger partial charge in [0.05, 0.1) is 5.60 Å². The van der Waals surface area contributed by atoms with Crippen LogP contribution in [0.2, 0.25) is 19.1 Å². The van der Waals surface area contributed by atoms with Crippen LogP contribution in [-0.2, 0) is 4.43 Å². The van der Waals surface area contributed by atoms with Crippen LogP contribution in [0.4, 0.5) is 0 Å². The molecule has 1 saturated heterocycles. The molecule has 1 aliphatic heterocycles. The normalized spacial score (nSPS) is 25.5. The van der Waals surface area contributed by atoms with Crippen molar-refractivity contribution in [1.82, 2.24) is 0 Å². The van der Waals surface area contributed by atoms with E-state index in [1.807, 2.05) is 0 Å². The minimum Gasteiger partial charge on any atom is -0.412 e. The molecule has 0 saturated carbocycles. The number of rotatable bonds is 15. The van der Waals surface area contributed by atoms with Crippen LogP contribution < -0.4 is 0 Å². The van der Waals surface area contributed by atoms with Gasteiger partial charge >= 0.3 is 0 Å². The Morgan fingerprint density at radius 2 is 1.19 bits per heavy atom. The Morgan fingerprint density at radius 1 is 0.769 bits per heavy atom. The molecule has 1 heterocycles. The topological polar surface area (TPSA) is 9.23 Å². The molecular weight excluding hydrogens is 332 g/mol. The van der Waals surface area contributed by atoms with Crippen molar-refractivity contribution in [1.29, 1.82) is 0 Å². The second-order valence-corrected chi connectivity index (χ2v) is 14.2. The minimum atomic E-state index is -1.37. The van der Waals surface area contributed by atoms with Crippen LogP contribution in [0.5, 0.6) is 0 Å². The summed E-state index contributed by atoms with van der Waals surface area (Å²) in [7, 11) is -1.37. The zero-order valence-electron chi connectivity index (χ0n) is 19.0. The van der Waals surface area contributed by atoms with Crippen LogP contribution in [0, 0.1) is 5.92 Å². The highest BCUT2D eigenvalue weighted by atomic mass is 28.4. The van der Waals surface area contributed by atoms with Gasteiger partial charge in [0.25, 0.3) is 0 Å². The first kappa shape index (κ1) is 24.2. The van der Waals surface area contributed by atoms with Crippen LogP contribution in [0.1, 0.15) is 124 Å². The molecule has 1 fully saturated rings. The van der Waals surface area contributed by atoms with Crippen molar-refractivity contribution in [3.8, 4) is 0 Å². The Morgan fingerprint density at radius 3 is 1.65 bits per heavy atom. The highest BCUT2D eigenvalue weighted by Crippen LogP contribution is 2.40. The van der Waals surface area contributed by atoms with Gasteiger partial charge in [-0.05, 0) is 44.8 Å². The number of hydrogen-bond acceptors (Lipinski definition) is 1. The zero-order chi connectivity index (χ0) is 19.3. The van der Waals surface area contributed by atoms with Crippen molar-refractivity contribution in [2.45, 2.75) is 148 Å². The van der Waals surface area contributed by atoms with Gasteiger partial charge in [-0.25, -0.2) is 0 Å². The van der Waals surface area contributed by atoms with E-state index in [-0.39, 0.29) is 5.60 Å². The lowest BCUT2D eigenvalue weighted by Gasteiger charge is -2.47. The standard InChI is InChI=1S/C24H50OSi/c1-6-7-8-9-10-11-12-13-14-15-16-17-18-19-21-24(3)23(2)20-22-26(4,5)25-24/h23H,6-22H2,1-5H3. The predicted octanol–water partition coefficient (Wildman–Crippen LogP) is 8.88. The first-order valence-corrected chi connectivity index (χ1v) is 15.2. The zero-order valence-corrected chi connectivity index (χ0v) is 20.0. The Kier molecular flexibility index (Phi) is 12.5. The van der Waals surface area contributed by atoms with Gasteiger partial charge in [-0.15, -0.1) is 0 Å². The minimum absolute atomic E-state index is 0.172. The van der Waals surface area contributed by atoms with Gasteiger partial charge in [0, 0.05) is 0 Å². The maximum atomic E-state index is 6.63. The van der Waals surface area contributed by atoms with Crippen molar-refractivity contribution in [3.63, 3.8) is 0 Å². The third-order valence-electron chi connectivity index (χ3n) is 6.76. The summed E-state index contributed by atoms with van der Waals surface area (Å²) in [6, 6.07) is 1.35. The molecule has 1 rings (SSSR count). The van der Waals surface area contributed by atoms with Gasteiger partial charge in [-0.3, -0.25) is 0 Å². The fourth-order valence-electron chi connectivity index (χ4n) is 4.62. The SMILES string of the molecule is CCCCCCCCCCCCCCCCC1(C)O[Si](C)(C)CCC1C. The maximum absolute atomic E-state index is 6.63. The summed E-state index contributed by atoms with van der Waals surface area (Å²) < 4.78 is 6.63. The average molecular weight is 383 g/mol. The van der Waals surface area contributed by atoms with E-state index in [0.29, 0.717) is 0 Å². The monoisotopic (exact) mass is 382 g/mol. The Bertz CT molecular complexity index is 341. The van der Waals surface area contributed by atoms with Gasteiger partial charge in [0.1, 0.15) is 0 Å². The highest BCUT2D eigenvalue weighted by molar-refractivity contribution is 6.71. The van der Waals surface area contributed by atoms with Crippen LogP contribution in [-0.4, -0.2) is 13.9 Å². The molecule has 0 radical (unpaired) electrons. The second kappa shape index (κ2) is 13.4. The second-order valence-electron chi connectivity index (χ2n) is 9.96. The van der Waals surface area contributed by atoms with E-state index in [1.165, 1.54) is 109 Å². The largest absolute Gasteiger partial charge is 0.412 e. The van der Waals surface area contributed by atoms with Crippen LogP contribution >= 0.6 is 0 Å². The molecule has 2 unspecified atom stereocenters. The third-order valence-corrected chi connectivity index (χ3v) is 9.27. The first-order chi connectivity index (χ1) is 12.4. The Balaban J connectivity index is 1.91. The first-order valence-electron chi connectivity index (χ1n) is 12.1. The van der Waals surface area contributed by atoms with E-state index < -0.39 is 8.32 Å². The molecule has 0 aliphatic carbocycles. The Labute approximate surface area is 167 Å². The van der Waals surface area contributed by atoms with Gasteiger partial charge in [-0.1, -0.05) is 104 Å². The van der Waals surface area contributed by atoms with Crippen molar-refractivity contribution in [2.24, 2.45) is 5.92 Å². The van der Waals surface area contributed by atoms with Gasteiger partial charge < -0.3 is 4.43 Å². The van der Waals surface area contributed by atoms with E-state index in [0.717, 1.165) is 5.92 Å². The summed E-state index contributed by atoms with van der Waals surface area (Å²) in [6.07, 6.45) is 22.8. The fourth-order valence-corrected chi connectivity index (χ4v) is 7.42. The van der Waals surface area contributed by atoms with Crippen LogP contribution in [0.3, 0.4) is 0 Å². The van der Waals surface area contributed by atoms with E-state index in [9.17, 15) is 0 Å². The maximum Gasteiger partial charge on any atom is 0.187 e. The summed E-state index contributed by atoms with van der Waals surface area (Å²) in [5.41, 5.74) is 0.172. The lowest BCUT2D eigenvalue weighted by Crippen LogP contribution is -2.51. The lowest BCUT2D eigenvalue weighted by atomic mass is 9.84. The van der Waals surface area contributed by atoms with Gasteiger partial charge in [-0.2, -0.15) is 0 Å². The lowest BCUT2D eigenvalue weighted by molar-refractivity contribution is -0.00454. The van der Waals surface area contributed by atoms with Crippen LogP contribution in [0.15, 0.2) is 0 Å². The number of hydrogen-bond donors (Lipinski definition) is 0. The van der Waals surface area contributed by atoms with Crippen molar-refractivity contribution in [3.05, 3.63) is 0 Å². The van der Waals surface area contributed by atoms with E-state index in [4.69, 9.17) is 4.43 Å². The molecule has 0 amide bonds. The molecule has 0 N–H and O–H groups in total. The van der Waals surface area contributed by atoms with Crippen LogP contribution in [0.25, 0.3) is 0 Å². The molecule has 156 valence electrons. The molecule has 0 aromatic carbocycles. The average Bonchev–Trinajstić information content (AvgIpc) is 2.58. The molecule has 2 heteroatoms. The summed E-state index contributed by atoms with van der Waals surface area (Å²) in [4.78, 5) is 0. The quantitative estimate of drug-likeness (QED) is 0.203. The van der Waals surface area contributed by atoms with E-state index in [2.05, 4.69) is 33.9 Å². The predicted molar refractivity (Wildman–Crippen MR) is 120 cm³/mol. The van der Waals surface area contributed by atoms with Crippen molar-refractivity contribution >= 4 is 8.32 Å². The molecule has 0 aromatic heterocycles. The van der Waals surface area contributed by atoms with Crippen molar-refractivity contribution in [2.75, 3.05) is 0 Å². The fraction of sp³-hybridized carbons (Fsp3) is 1.00. The molecule has 0 aromatic rings. The van der Waals surface area contributed by atoms with Gasteiger partial charge in [0.2, 0.25) is 0 Å². The molecular formula is C24H50OSi. The summed E-state index contributed by atoms with van der Waals surface area (Å²) >= 11 is 0. The van der Waals surface area contributed by atoms with Gasteiger partial charge in [0.15, 0.2) is 8.32 Å². The summed E-state index contributed by atoms with van der Waals surface area (Å²) in [5, 5.41) is 0. The summed E-state index contributed by atoms with van der Waals surface area (Å²) in [5.74, 6) is 0.741. The smallest absolute Gasteiger partial charge is 0.187 e.